The Morgan fingerprint density at radius 3 is 2.50 bits per heavy atom. The molecule has 5 aliphatic carbocycles. The number of hydrogen-bond acceptors (Lipinski definition) is 1. The Balaban J connectivity index is 1.30. The van der Waals surface area contributed by atoms with E-state index in [0.29, 0.717) is 17.6 Å². The molecule has 22 heavy (non-hydrogen) atoms. The van der Waals surface area contributed by atoms with Crippen LogP contribution in [0, 0.1) is 35.0 Å². The molecule has 122 valence electrons. The molecule has 0 radical (unpaired) electrons. The van der Waals surface area contributed by atoms with Gasteiger partial charge in [0.2, 0.25) is 0 Å². The van der Waals surface area contributed by atoms with Crippen molar-refractivity contribution in [1.29, 1.82) is 0 Å². The van der Waals surface area contributed by atoms with Crippen LogP contribution in [0.1, 0.15) is 71.1 Å². The fraction of sp³-hybridized carbons (Fsp3) is 0.905. The second-order valence-corrected chi connectivity index (χ2v) is 9.26. The highest BCUT2D eigenvalue weighted by molar-refractivity contribution is 5.25. The van der Waals surface area contributed by atoms with E-state index in [1.165, 1.54) is 64.2 Å². The second kappa shape index (κ2) is 5.10. The van der Waals surface area contributed by atoms with Crippen LogP contribution in [0.3, 0.4) is 0 Å². The van der Waals surface area contributed by atoms with E-state index < -0.39 is 0 Å². The van der Waals surface area contributed by atoms with E-state index in [4.69, 9.17) is 4.74 Å². The SMILES string of the molecule is CC12C3C=CC(C3)C1C1CC2CC1OC1CCCCCCC1. The first kappa shape index (κ1) is 14.1. The van der Waals surface area contributed by atoms with Crippen LogP contribution in [0.15, 0.2) is 12.2 Å². The van der Waals surface area contributed by atoms with Gasteiger partial charge in [-0.15, -0.1) is 0 Å². The van der Waals surface area contributed by atoms with Crippen LogP contribution in [0.5, 0.6) is 0 Å². The standard InChI is InChI=1S/C21H32O/c1-21-15-10-9-14(11-15)20(21)18-12-16(21)13-19(18)22-17-7-5-3-2-4-6-8-17/h9-10,14-20H,2-8,11-13H2,1H3. The molecule has 4 bridgehead atoms. The van der Waals surface area contributed by atoms with Gasteiger partial charge in [-0.2, -0.15) is 0 Å². The molecule has 5 rings (SSSR count). The number of fused-ring (bicyclic) bond motifs is 9. The molecule has 7 atom stereocenters. The van der Waals surface area contributed by atoms with Gasteiger partial charge in [0.25, 0.3) is 0 Å². The summed E-state index contributed by atoms with van der Waals surface area (Å²) in [5, 5.41) is 0. The third kappa shape index (κ3) is 1.87. The maximum Gasteiger partial charge on any atom is 0.0613 e. The van der Waals surface area contributed by atoms with Gasteiger partial charge in [0, 0.05) is 0 Å². The minimum Gasteiger partial charge on any atom is -0.375 e. The van der Waals surface area contributed by atoms with Crippen LogP contribution >= 0.6 is 0 Å². The van der Waals surface area contributed by atoms with Gasteiger partial charge in [-0.05, 0) is 67.1 Å². The molecule has 0 heterocycles. The molecule has 5 aliphatic rings. The van der Waals surface area contributed by atoms with Gasteiger partial charge in [-0.25, -0.2) is 0 Å². The highest BCUT2D eigenvalue weighted by atomic mass is 16.5. The van der Waals surface area contributed by atoms with Crippen LogP contribution in [0.4, 0.5) is 0 Å². The molecule has 0 spiro atoms. The summed E-state index contributed by atoms with van der Waals surface area (Å²) in [5.41, 5.74) is 0.644. The maximum atomic E-state index is 6.76. The molecule has 0 amide bonds. The molecular formula is C21H32O. The van der Waals surface area contributed by atoms with Gasteiger partial charge in [0.15, 0.2) is 0 Å². The highest BCUT2D eigenvalue weighted by Gasteiger charge is 2.67. The van der Waals surface area contributed by atoms with Crippen molar-refractivity contribution in [3.8, 4) is 0 Å². The van der Waals surface area contributed by atoms with Crippen LogP contribution in [-0.2, 0) is 4.74 Å². The van der Waals surface area contributed by atoms with Gasteiger partial charge < -0.3 is 4.74 Å². The Labute approximate surface area is 135 Å². The van der Waals surface area contributed by atoms with Gasteiger partial charge in [-0.1, -0.05) is 51.2 Å². The Morgan fingerprint density at radius 2 is 1.68 bits per heavy atom. The smallest absolute Gasteiger partial charge is 0.0613 e. The first-order valence-electron chi connectivity index (χ1n) is 10.1. The third-order valence-corrected chi connectivity index (χ3v) is 8.41. The van der Waals surface area contributed by atoms with Crippen LogP contribution in [0.2, 0.25) is 0 Å². The quantitative estimate of drug-likeness (QED) is 0.493. The van der Waals surface area contributed by atoms with Crippen molar-refractivity contribution in [1.82, 2.24) is 0 Å². The van der Waals surface area contributed by atoms with Crippen molar-refractivity contribution < 1.29 is 4.74 Å². The molecule has 0 aromatic carbocycles. The minimum absolute atomic E-state index is 0.588. The van der Waals surface area contributed by atoms with Crippen molar-refractivity contribution in [3.63, 3.8) is 0 Å². The topological polar surface area (TPSA) is 9.23 Å². The lowest BCUT2D eigenvalue weighted by Crippen LogP contribution is -2.43. The van der Waals surface area contributed by atoms with Crippen LogP contribution in [-0.4, -0.2) is 12.2 Å². The number of allylic oxidation sites excluding steroid dienone is 2. The molecule has 4 fully saturated rings. The van der Waals surface area contributed by atoms with Gasteiger partial charge in [-0.3, -0.25) is 0 Å². The summed E-state index contributed by atoms with van der Waals surface area (Å²) in [6.45, 7) is 2.63. The summed E-state index contributed by atoms with van der Waals surface area (Å²) in [6, 6.07) is 0. The van der Waals surface area contributed by atoms with Crippen molar-refractivity contribution in [2.24, 2.45) is 35.0 Å². The largest absolute Gasteiger partial charge is 0.375 e. The van der Waals surface area contributed by atoms with E-state index in [9.17, 15) is 0 Å². The third-order valence-electron chi connectivity index (χ3n) is 8.41. The van der Waals surface area contributed by atoms with Crippen molar-refractivity contribution in [2.75, 3.05) is 0 Å². The molecule has 0 saturated heterocycles. The van der Waals surface area contributed by atoms with E-state index in [1.54, 1.807) is 0 Å². The summed E-state index contributed by atoms with van der Waals surface area (Å²) in [7, 11) is 0. The number of ether oxygens (including phenoxy) is 1. The molecule has 0 aromatic rings. The van der Waals surface area contributed by atoms with Crippen molar-refractivity contribution in [3.05, 3.63) is 12.2 Å². The predicted octanol–water partition coefficient (Wildman–Crippen LogP) is 5.35. The fourth-order valence-electron chi connectivity index (χ4n) is 7.39. The van der Waals surface area contributed by atoms with Crippen molar-refractivity contribution >= 4 is 0 Å². The summed E-state index contributed by atoms with van der Waals surface area (Å²) >= 11 is 0. The lowest BCUT2D eigenvalue weighted by atomic mass is 9.61. The van der Waals surface area contributed by atoms with E-state index in [-0.39, 0.29) is 0 Å². The molecule has 1 heteroatoms. The first-order chi connectivity index (χ1) is 10.8. The molecule has 1 nitrogen and oxygen atoms in total. The summed E-state index contributed by atoms with van der Waals surface area (Å²) in [6.07, 6.45) is 20.4. The molecular weight excluding hydrogens is 268 g/mol. The van der Waals surface area contributed by atoms with E-state index in [0.717, 1.165) is 29.6 Å². The van der Waals surface area contributed by atoms with E-state index in [1.807, 2.05) is 0 Å². The molecule has 4 saturated carbocycles. The van der Waals surface area contributed by atoms with Crippen LogP contribution < -0.4 is 0 Å². The Hall–Kier alpha value is -0.300. The van der Waals surface area contributed by atoms with Gasteiger partial charge >= 0.3 is 0 Å². The summed E-state index contributed by atoms with van der Waals surface area (Å²) in [5.74, 6) is 4.61. The normalized spacial score (nSPS) is 53.7. The lowest BCUT2D eigenvalue weighted by molar-refractivity contribution is -0.0870. The van der Waals surface area contributed by atoms with E-state index >= 15 is 0 Å². The van der Waals surface area contributed by atoms with Crippen molar-refractivity contribution in [2.45, 2.75) is 83.3 Å². The minimum atomic E-state index is 0.588. The molecule has 0 aromatic heterocycles. The number of rotatable bonds is 2. The monoisotopic (exact) mass is 300 g/mol. The highest BCUT2D eigenvalue weighted by Crippen LogP contribution is 2.72. The summed E-state index contributed by atoms with van der Waals surface area (Å²) in [4.78, 5) is 0. The van der Waals surface area contributed by atoms with Crippen LogP contribution in [0.25, 0.3) is 0 Å². The molecule has 0 N–H and O–H groups in total. The first-order valence-corrected chi connectivity index (χ1v) is 10.1. The zero-order valence-electron chi connectivity index (χ0n) is 14.2. The average molecular weight is 300 g/mol. The Bertz CT molecular complexity index is 461. The van der Waals surface area contributed by atoms with E-state index in [2.05, 4.69) is 19.1 Å². The maximum absolute atomic E-state index is 6.76. The Kier molecular flexibility index (Phi) is 3.26. The fourth-order valence-corrected chi connectivity index (χ4v) is 7.39. The second-order valence-electron chi connectivity index (χ2n) is 9.26. The predicted molar refractivity (Wildman–Crippen MR) is 89.5 cm³/mol. The molecule has 0 aliphatic heterocycles. The summed E-state index contributed by atoms with van der Waals surface area (Å²) < 4.78 is 6.76. The number of hydrogen-bond donors (Lipinski definition) is 0. The zero-order chi connectivity index (χ0) is 14.7. The van der Waals surface area contributed by atoms with Gasteiger partial charge in [0.05, 0.1) is 12.2 Å². The lowest BCUT2D eigenvalue weighted by Gasteiger charge is -2.45. The van der Waals surface area contributed by atoms with Gasteiger partial charge in [0.1, 0.15) is 0 Å². The zero-order valence-corrected chi connectivity index (χ0v) is 14.2. The average Bonchev–Trinajstić information content (AvgIpc) is 3.19. The Morgan fingerprint density at radius 1 is 0.909 bits per heavy atom. The molecule has 7 unspecified atom stereocenters.